The SMILES string of the molecule is C=C[Si](c1ccccc1)(c1ccccc1)C1C=CC=C1. The molecule has 0 N–H and O–H groups in total. The second-order valence-electron chi connectivity index (χ2n) is 5.10. The van der Waals surface area contributed by atoms with Gasteiger partial charge in [0.2, 0.25) is 0 Å². The third-order valence-corrected chi connectivity index (χ3v) is 8.76. The van der Waals surface area contributed by atoms with Crippen LogP contribution in [0.1, 0.15) is 0 Å². The van der Waals surface area contributed by atoms with Crippen molar-refractivity contribution >= 4 is 18.4 Å². The maximum Gasteiger partial charge on any atom is 0.150 e. The van der Waals surface area contributed by atoms with Crippen LogP contribution in [0.5, 0.6) is 0 Å². The minimum absolute atomic E-state index is 0.449. The molecular weight excluding hydrogens is 256 g/mol. The summed E-state index contributed by atoms with van der Waals surface area (Å²) in [5.74, 6) is 0. The second-order valence-corrected chi connectivity index (χ2v) is 9.07. The molecule has 98 valence electrons. The van der Waals surface area contributed by atoms with Crippen LogP contribution in [0.3, 0.4) is 0 Å². The zero-order valence-electron chi connectivity index (χ0n) is 11.4. The first-order valence-electron chi connectivity index (χ1n) is 6.97. The summed E-state index contributed by atoms with van der Waals surface area (Å²) < 4.78 is 0. The van der Waals surface area contributed by atoms with Gasteiger partial charge in [-0.05, 0) is 10.4 Å². The summed E-state index contributed by atoms with van der Waals surface area (Å²) in [6.07, 6.45) is 8.94. The molecule has 0 saturated heterocycles. The summed E-state index contributed by atoms with van der Waals surface area (Å²) >= 11 is 0. The van der Waals surface area contributed by atoms with Crippen LogP contribution in [0.2, 0.25) is 5.54 Å². The summed E-state index contributed by atoms with van der Waals surface area (Å²) in [5.41, 5.74) is 2.67. The molecule has 0 bridgehead atoms. The van der Waals surface area contributed by atoms with E-state index in [1.54, 1.807) is 0 Å². The zero-order valence-corrected chi connectivity index (χ0v) is 12.4. The quantitative estimate of drug-likeness (QED) is 0.749. The van der Waals surface area contributed by atoms with Gasteiger partial charge in [-0.1, -0.05) is 90.7 Å². The molecular formula is C19H18Si. The molecule has 0 nitrogen and oxygen atoms in total. The number of hydrogen-bond acceptors (Lipinski definition) is 0. The fourth-order valence-electron chi connectivity index (χ4n) is 3.09. The van der Waals surface area contributed by atoms with Gasteiger partial charge in [-0.2, -0.15) is 0 Å². The van der Waals surface area contributed by atoms with E-state index in [1.165, 1.54) is 10.4 Å². The normalized spacial score (nSPS) is 14.6. The Hall–Kier alpha value is -2.12. The van der Waals surface area contributed by atoms with Crippen LogP contribution in [0.25, 0.3) is 0 Å². The van der Waals surface area contributed by atoms with E-state index in [0.717, 1.165) is 0 Å². The molecule has 0 heterocycles. The minimum atomic E-state index is -2.00. The number of benzene rings is 2. The molecule has 0 unspecified atom stereocenters. The third-order valence-electron chi connectivity index (χ3n) is 4.10. The van der Waals surface area contributed by atoms with Gasteiger partial charge in [0, 0.05) is 5.54 Å². The predicted octanol–water partition coefficient (Wildman–Crippen LogP) is 3.47. The van der Waals surface area contributed by atoms with E-state index in [-0.39, 0.29) is 0 Å². The molecule has 0 spiro atoms. The average Bonchev–Trinajstić information content (AvgIpc) is 3.06. The van der Waals surface area contributed by atoms with Crippen LogP contribution in [0.15, 0.2) is 97.2 Å². The fourth-order valence-corrected chi connectivity index (χ4v) is 7.25. The van der Waals surface area contributed by atoms with Crippen molar-refractivity contribution in [3.63, 3.8) is 0 Å². The standard InChI is InChI=1S/C19H18Si/c1-2-20(19-15-9-10-16-19,17-11-5-3-6-12-17)18-13-7-4-8-14-18/h2-16,19H,1H2. The lowest BCUT2D eigenvalue weighted by Crippen LogP contribution is -2.59. The van der Waals surface area contributed by atoms with E-state index >= 15 is 0 Å². The van der Waals surface area contributed by atoms with E-state index in [9.17, 15) is 0 Å². The Morgan fingerprint density at radius 3 is 1.60 bits per heavy atom. The molecule has 0 fully saturated rings. The predicted molar refractivity (Wildman–Crippen MR) is 90.1 cm³/mol. The molecule has 0 amide bonds. The molecule has 1 aliphatic carbocycles. The van der Waals surface area contributed by atoms with Gasteiger partial charge in [-0.15, -0.1) is 6.58 Å². The maximum atomic E-state index is 4.22. The first-order chi connectivity index (χ1) is 9.88. The van der Waals surface area contributed by atoms with E-state index in [1.807, 2.05) is 0 Å². The van der Waals surface area contributed by atoms with Crippen LogP contribution in [0.4, 0.5) is 0 Å². The van der Waals surface area contributed by atoms with Crippen LogP contribution in [0, 0.1) is 0 Å². The number of hydrogen-bond donors (Lipinski definition) is 0. The molecule has 0 atom stereocenters. The first kappa shape index (κ1) is 12.9. The molecule has 0 aliphatic heterocycles. The minimum Gasteiger partial charge on any atom is -0.106 e. The lowest BCUT2D eigenvalue weighted by Gasteiger charge is -2.33. The van der Waals surface area contributed by atoms with Crippen molar-refractivity contribution in [2.45, 2.75) is 5.54 Å². The topological polar surface area (TPSA) is 0 Å². The highest BCUT2D eigenvalue weighted by molar-refractivity contribution is 7.07. The average molecular weight is 274 g/mol. The van der Waals surface area contributed by atoms with Gasteiger partial charge in [-0.3, -0.25) is 0 Å². The van der Waals surface area contributed by atoms with Crippen LogP contribution in [-0.2, 0) is 0 Å². The summed E-state index contributed by atoms with van der Waals surface area (Å²) in [6, 6.07) is 21.7. The molecule has 0 radical (unpaired) electrons. The lowest BCUT2D eigenvalue weighted by molar-refractivity contribution is 1.34. The Morgan fingerprint density at radius 1 is 0.750 bits per heavy atom. The Balaban J connectivity index is 2.24. The highest BCUT2D eigenvalue weighted by Gasteiger charge is 2.40. The van der Waals surface area contributed by atoms with Gasteiger partial charge >= 0.3 is 0 Å². The second kappa shape index (κ2) is 5.47. The Labute approximate surface area is 121 Å². The number of rotatable bonds is 4. The van der Waals surface area contributed by atoms with Gasteiger partial charge in [0.15, 0.2) is 8.07 Å². The van der Waals surface area contributed by atoms with Crippen molar-refractivity contribution < 1.29 is 0 Å². The van der Waals surface area contributed by atoms with Crippen molar-refractivity contribution in [2.24, 2.45) is 0 Å². The van der Waals surface area contributed by atoms with Crippen molar-refractivity contribution in [2.75, 3.05) is 0 Å². The van der Waals surface area contributed by atoms with Crippen molar-refractivity contribution in [3.05, 3.63) is 97.2 Å². The maximum absolute atomic E-state index is 4.22. The summed E-state index contributed by atoms with van der Waals surface area (Å²) in [7, 11) is -2.00. The number of allylic oxidation sites excluding steroid dienone is 4. The fraction of sp³-hybridized carbons (Fsp3) is 0.0526. The largest absolute Gasteiger partial charge is 0.150 e. The van der Waals surface area contributed by atoms with Gasteiger partial charge in [-0.25, -0.2) is 0 Å². The first-order valence-corrected chi connectivity index (χ1v) is 9.13. The zero-order chi connectivity index (χ0) is 13.8. The molecule has 3 rings (SSSR count). The van der Waals surface area contributed by atoms with Crippen molar-refractivity contribution in [1.82, 2.24) is 0 Å². The molecule has 2 aromatic carbocycles. The molecule has 0 saturated carbocycles. The van der Waals surface area contributed by atoms with E-state index < -0.39 is 8.07 Å². The molecule has 1 aliphatic rings. The Morgan fingerprint density at radius 2 is 1.20 bits per heavy atom. The van der Waals surface area contributed by atoms with Crippen LogP contribution < -0.4 is 10.4 Å². The van der Waals surface area contributed by atoms with E-state index in [4.69, 9.17) is 0 Å². The summed E-state index contributed by atoms with van der Waals surface area (Å²) in [6.45, 7) is 4.22. The van der Waals surface area contributed by atoms with Crippen LogP contribution >= 0.6 is 0 Å². The van der Waals surface area contributed by atoms with Gasteiger partial charge < -0.3 is 0 Å². The smallest absolute Gasteiger partial charge is 0.106 e. The van der Waals surface area contributed by atoms with Gasteiger partial charge in [0.05, 0.1) is 0 Å². The van der Waals surface area contributed by atoms with Crippen molar-refractivity contribution in [1.29, 1.82) is 0 Å². The Kier molecular flexibility index (Phi) is 3.53. The van der Waals surface area contributed by atoms with Crippen molar-refractivity contribution in [3.8, 4) is 0 Å². The monoisotopic (exact) mass is 274 g/mol. The molecule has 2 aromatic rings. The van der Waals surface area contributed by atoms with Crippen LogP contribution in [-0.4, -0.2) is 8.07 Å². The highest BCUT2D eigenvalue weighted by atomic mass is 28.3. The summed E-state index contributed by atoms with van der Waals surface area (Å²) in [4.78, 5) is 0. The third kappa shape index (κ3) is 2.00. The van der Waals surface area contributed by atoms with Gasteiger partial charge in [0.1, 0.15) is 0 Å². The molecule has 0 aromatic heterocycles. The molecule has 20 heavy (non-hydrogen) atoms. The summed E-state index contributed by atoms with van der Waals surface area (Å²) in [5, 5.41) is 2.84. The molecule has 1 heteroatoms. The van der Waals surface area contributed by atoms with E-state index in [0.29, 0.717) is 5.54 Å². The van der Waals surface area contributed by atoms with E-state index in [2.05, 4.69) is 97.2 Å². The lowest BCUT2D eigenvalue weighted by atomic mass is 10.4. The Bertz CT molecular complexity index is 586. The highest BCUT2D eigenvalue weighted by Crippen LogP contribution is 2.29. The van der Waals surface area contributed by atoms with Gasteiger partial charge in [0.25, 0.3) is 0 Å².